The summed E-state index contributed by atoms with van der Waals surface area (Å²) in [6.07, 6.45) is 1.48. The molecule has 0 heterocycles. The first-order chi connectivity index (χ1) is 11.5. The van der Waals surface area contributed by atoms with Gasteiger partial charge in [-0.3, -0.25) is 9.59 Å². The quantitative estimate of drug-likeness (QED) is 0.590. The summed E-state index contributed by atoms with van der Waals surface area (Å²) in [7, 11) is 0. The molecule has 0 aliphatic carbocycles. The number of rotatable bonds is 10. The van der Waals surface area contributed by atoms with Crippen LogP contribution in [0.3, 0.4) is 0 Å². The third-order valence-corrected chi connectivity index (χ3v) is 3.71. The Kier molecular flexibility index (Phi) is 9.36. The van der Waals surface area contributed by atoms with Crippen molar-refractivity contribution in [1.82, 2.24) is 10.6 Å². The molecular weight excluding hydrogens is 332 g/mol. The average Bonchev–Trinajstić information content (AvgIpc) is 2.57. The average molecular weight is 354 g/mol. The van der Waals surface area contributed by atoms with Crippen molar-refractivity contribution in [2.24, 2.45) is 0 Å². The van der Waals surface area contributed by atoms with Gasteiger partial charge in [-0.05, 0) is 24.0 Å². The largest absolute Gasteiger partial charge is 0.481 e. The van der Waals surface area contributed by atoms with Crippen molar-refractivity contribution in [3.8, 4) is 0 Å². The molecule has 0 aliphatic heterocycles. The van der Waals surface area contributed by atoms with E-state index in [0.29, 0.717) is 12.2 Å². The number of aliphatic carboxylic acids is 1. The number of nitrogens with one attached hydrogen (secondary N) is 2. The van der Waals surface area contributed by atoms with E-state index in [1.165, 1.54) is 0 Å². The maximum Gasteiger partial charge on any atom is 0.408 e. The number of benzene rings is 1. The van der Waals surface area contributed by atoms with Gasteiger partial charge in [-0.1, -0.05) is 30.3 Å². The molecule has 0 saturated heterocycles. The van der Waals surface area contributed by atoms with Gasteiger partial charge in [-0.25, -0.2) is 4.79 Å². The van der Waals surface area contributed by atoms with Gasteiger partial charge in [0.2, 0.25) is 5.91 Å². The molecule has 0 aliphatic rings. The van der Waals surface area contributed by atoms with E-state index in [1.54, 1.807) is 11.8 Å². The zero-order valence-electron chi connectivity index (χ0n) is 13.5. The van der Waals surface area contributed by atoms with Gasteiger partial charge in [-0.2, -0.15) is 11.8 Å². The molecule has 1 aromatic carbocycles. The van der Waals surface area contributed by atoms with Crippen LogP contribution in [0.2, 0.25) is 0 Å². The summed E-state index contributed by atoms with van der Waals surface area (Å²) in [6.45, 7) is 0.132. The molecule has 24 heavy (non-hydrogen) atoms. The predicted octanol–water partition coefficient (Wildman–Crippen LogP) is 1.63. The highest BCUT2D eigenvalue weighted by Gasteiger charge is 2.21. The number of alkyl carbamates (subject to hydrolysis) is 1. The molecule has 132 valence electrons. The van der Waals surface area contributed by atoms with Crippen molar-refractivity contribution in [1.29, 1.82) is 0 Å². The highest BCUT2D eigenvalue weighted by molar-refractivity contribution is 7.98. The fraction of sp³-hybridized carbons (Fsp3) is 0.438. The van der Waals surface area contributed by atoms with Crippen LogP contribution < -0.4 is 10.6 Å². The second-order valence-electron chi connectivity index (χ2n) is 4.97. The zero-order chi connectivity index (χ0) is 17.8. The van der Waals surface area contributed by atoms with Crippen LogP contribution in [0.1, 0.15) is 18.4 Å². The molecule has 0 unspecified atom stereocenters. The summed E-state index contributed by atoms with van der Waals surface area (Å²) in [6, 6.07) is 8.45. The molecule has 0 saturated carbocycles. The molecular formula is C16H22N2O5S. The lowest BCUT2D eigenvalue weighted by Crippen LogP contribution is -2.47. The highest BCUT2D eigenvalue weighted by Crippen LogP contribution is 2.04. The smallest absolute Gasteiger partial charge is 0.408 e. The van der Waals surface area contributed by atoms with Crippen molar-refractivity contribution in [2.75, 3.05) is 18.6 Å². The SMILES string of the molecule is CSCC[C@H](NC(=O)OCc1ccccc1)C(=O)NCCC(=O)O. The molecule has 0 fully saturated rings. The van der Waals surface area contributed by atoms with E-state index < -0.39 is 24.0 Å². The number of ether oxygens (including phenoxy) is 1. The Balaban J connectivity index is 2.46. The summed E-state index contributed by atoms with van der Waals surface area (Å²) in [5.74, 6) is -0.733. The minimum Gasteiger partial charge on any atom is -0.481 e. The molecule has 1 aromatic rings. The van der Waals surface area contributed by atoms with E-state index in [2.05, 4.69) is 10.6 Å². The Labute approximate surface area is 145 Å². The summed E-state index contributed by atoms with van der Waals surface area (Å²) < 4.78 is 5.10. The maximum atomic E-state index is 12.1. The minimum absolute atomic E-state index is 0.0185. The van der Waals surface area contributed by atoms with Crippen molar-refractivity contribution in [3.05, 3.63) is 35.9 Å². The van der Waals surface area contributed by atoms with Crippen molar-refractivity contribution in [2.45, 2.75) is 25.5 Å². The topological polar surface area (TPSA) is 105 Å². The van der Waals surface area contributed by atoms with Crippen molar-refractivity contribution in [3.63, 3.8) is 0 Å². The number of hydrogen-bond donors (Lipinski definition) is 3. The van der Waals surface area contributed by atoms with Crippen LogP contribution in [0, 0.1) is 0 Å². The maximum absolute atomic E-state index is 12.1. The summed E-state index contributed by atoms with van der Waals surface area (Å²) in [5.41, 5.74) is 0.847. The van der Waals surface area contributed by atoms with Crippen molar-refractivity contribution >= 4 is 29.7 Å². The van der Waals surface area contributed by atoms with E-state index in [-0.39, 0.29) is 19.6 Å². The van der Waals surface area contributed by atoms with Gasteiger partial charge < -0.3 is 20.5 Å². The van der Waals surface area contributed by atoms with E-state index in [0.717, 1.165) is 5.56 Å². The number of carbonyl (C=O) groups is 3. The number of carboxylic acids is 1. The van der Waals surface area contributed by atoms with Gasteiger partial charge in [0.1, 0.15) is 12.6 Å². The van der Waals surface area contributed by atoms with Gasteiger partial charge in [0, 0.05) is 6.54 Å². The number of amides is 2. The molecule has 0 spiro atoms. The molecule has 8 heteroatoms. The van der Waals surface area contributed by atoms with E-state index in [4.69, 9.17) is 9.84 Å². The van der Waals surface area contributed by atoms with Crippen LogP contribution >= 0.6 is 11.8 Å². The fourth-order valence-electron chi connectivity index (χ4n) is 1.83. The van der Waals surface area contributed by atoms with Gasteiger partial charge in [-0.15, -0.1) is 0 Å². The second kappa shape index (κ2) is 11.3. The van der Waals surface area contributed by atoms with Gasteiger partial charge >= 0.3 is 12.1 Å². The normalized spacial score (nSPS) is 11.4. The van der Waals surface area contributed by atoms with Crippen molar-refractivity contribution < 1.29 is 24.2 Å². The lowest BCUT2D eigenvalue weighted by molar-refractivity contribution is -0.137. The molecule has 0 radical (unpaired) electrons. The van der Waals surface area contributed by atoms with E-state index in [9.17, 15) is 14.4 Å². The Morgan fingerprint density at radius 2 is 1.96 bits per heavy atom. The molecule has 0 aromatic heterocycles. The first-order valence-electron chi connectivity index (χ1n) is 7.48. The van der Waals surface area contributed by atoms with Crippen LogP contribution in [0.15, 0.2) is 30.3 Å². The lowest BCUT2D eigenvalue weighted by Gasteiger charge is -2.17. The molecule has 3 N–H and O–H groups in total. The molecule has 7 nitrogen and oxygen atoms in total. The zero-order valence-corrected chi connectivity index (χ0v) is 14.3. The molecule has 0 bridgehead atoms. The van der Waals surface area contributed by atoms with Crippen LogP contribution in [-0.2, 0) is 20.9 Å². The van der Waals surface area contributed by atoms with Crippen LogP contribution in [0.5, 0.6) is 0 Å². The first kappa shape index (κ1) is 19.8. The highest BCUT2D eigenvalue weighted by atomic mass is 32.2. The number of carboxylic acid groups (broad SMARTS) is 1. The van der Waals surface area contributed by atoms with Gasteiger partial charge in [0.05, 0.1) is 6.42 Å². The Morgan fingerprint density at radius 1 is 1.25 bits per heavy atom. The Morgan fingerprint density at radius 3 is 2.58 bits per heavy atom. The van der Waals surface area contributed by atoms with Crippen LogP contribution in [-0.4, -0.2) is 47.7 Å². The standard InChI is InChI=1S/C16H22N2O5S/c1-24-10-8-13(15(21)17-9-7-14(19)20)18-16(22)23-11-12-5-3-2-4-6-12/h2-6,13H,7-11H2,1H3,(H,17,21)(H,18,22)(H,19,20)/t13-/m0/s1. The second-order valence-corrected chi connectivity index (χ2v) is 5.96. The summed E-state index contributed by atoms with van der Waals surface area (Å²) in [5, 5.41) is 13.6. The molecule has 2 amide bonds. The fourth-order valence-corrected chi connectivity index (χ4v) is 2.30. The molecule has 1 atom stereocenters. The Hall–Kier alpha value is -2.22. The van der Waals surface area contributed by atoms with Crippen LogP contribution in [0.25, 0.3) is 0 Å². The summed E-state index contributed by atoms with van der Waals surface area (Å²) >= 11 is 1.55. The Bertz CT molecular complexity index is 539. The van der Waals surface area contributed by atoms with E-state index in [1.807, 2.05) is 36.6 Å². The molecule has 1 rings (SSSR count). The monoisotopic (exact) mass is 354 g/mol. The number of carbonyl (C=O) groups excluding carboxylic acids is 2. The third kappa shape index (κ3) is 8.42. The van der Waals surface area contributed by atoms with Crippen LogP contribution in [0.4, 0.5) is 4.79 Å². The summed E-state index contributed by atoms with van der Waals surface area (Å²) in [4.78, 5) is 34.4. The van der Waals surface area contributed by atoms with Gasteiger partial charge in [0.15, 0.2) is 0 Å². The predicted molar refractivity (Wildman–Crippen MR) is 91.8 cm³/mol. The van der Waals surface area contributed by atoms with E-state index >= 15 is 0 Å². The van der Waals surface area contributed by atoms with Gasteiger partial charge in [0.25, 0.3) is 0 Å². The number of thioether (sulfide) groups is 1. The minimum atomic E-state index is -0.994. The third-order valence-electron chi connectivity index (χ3n) is 3.07. The first-order valence-corrected chi connectivity index (χ1v) is 8.88. The lowest BCUT2D eigenvalue weighted by atomic mass is 10.2. The number of hydrogen-bond acceptors (Lipinski definition) is 5.